The Morgan fingerprint density at radius 1 is 1.23 bits per heavy atom. The predicted molar refractivity (Wildman–Crippen MR) is 98.1 cm³/mol. The van der Waals surface area contributed by atoms with E-state index in [2.05, 4.69) is 27.5 Å². The number of hydrogen-bond donors (Lipinski definition) is 2. The van der Waals surface area contributed by atoms with Crippen LogP contribution in [0.4, 0.5) is 4.39 Å². The first kappa shape index (κ1) is 16.7. The molecule has 0 radical (unpaired) electrons. The van der Waals surface area contributed by atoms with Crippen molar-refractivity contribution >= 4 is 0 Å². The summed E-state index contributed by atoms with van der Waals surface area (Å²) in [6.07, 6.45) is 4.82. The quantitative estimate of drug-likeness (QED) is 0.741. The Bertz CT molecular complexity index is 948. The second-order valence-electron chi connectivity index (χ2n) is 6.65. The van der Waals surface area contributed by atoms with Crippen molar-refractivity contribution in [2.75, 3.05) is 6.54 Å². The Balaban J connectivity index is 1.46. The molecule has 0 saturated carbocycles. The van der Waals surface area contributed by atoms with E-state index in [0.717, 1.165) is 37.1 Å². The van der Waals surface area contributed by atoms with E-state index in [1.165, 1.54) is 28.6 Å². The first-order valence-electron chi connectivity index (χ1n) is 8.93. The molecule has 1 aromatic carbocycles. The zero-order chi connectivity index (χ0) is 17.9. The second kappa shape index (κ2) is 7.25. The third kappa shape index (κ3) is 3.32. The van der Waals surface area contributed by atoms with E-state index in [4.69, 9.17) is 0 Å². The van der Waals surface area contributed by atoms with Crippen LogP contribution in [0.3, 0.4) is 0 Å². The van der Waals surface area contributed by atoms with Crippen LogP contribution in [0, 0.1) is 5.82 Å². The summed E-state index contributed by atoms with van der Waals surface area (Å²) < 4.78 is 15.2. The molecule has 3 aromatic rings. The van der Waals surface area contributed by atoms with Crippen molar-refractivity contribution in [1.29, 1.82) is 0 Å². The summed E-state index contributed by atoms with van der Waals surface area (Å²) in [5, 5.41) is 6.58. The maximum absolute atomic E-state index is 14.0. The van der Waals surface area contributed by atoms with Crippen molar-refractivity contribution in [1.82, 2.24) is 20.1 Å². The number of halogens is 1. The molecular formula is C20H21FN4O. The monoisotopic (exact) mass is 352 g/mol. The van der Waals surface area contributed by atoms with Gasteiger partial charge in [0.15, 0.2) is 11.6 Å². The van der Waals surface area contributed by atoms with Crippen molar-refractivity contribution in [3.05, 3.63) is 81.7 Å². The smallest absolute Gasteiger partial charge is 0.276 e. The Hall–Kier alpha value is -2.73. The van der Waals surface area contributed by atoms with E-state index >= 15 is 0 Å². The number of fused-ring (bicyclic) bond motifs is 1. The van der Waals surface area contributed by atoms with Gasteiger partial charge in [0.05, 0.1) is 0 Å². The normalized spacial score (nSPS) is 16.4. The van der Waals surface area contributed by atoms with E-state index in [1.54, 1.807) is 0 Å². The van der Waals surface area contributed by atoms with E-state index in [-0.39, 0.29) is 17.4 Å². The molecule has 0 fully saturated rings. The fraction of sp³-hybridized carbons (Fsp3) is 0.300. The summed E-state index contributed by atoms with van der Waals surface area (Å²) in [4.78, 5) is 16.7. The number of nitrogens with one attached hydrogen (secondary N) is 2. The number of benzene rings is 1. The van der Waals surface area contributed by atoms with E-state index < -0.39 is 5.82 Å². The largest absolute Gasteiger partial charge is 0.313 e. The zero-order valence-corrected chi connectivity index (χ0v) is 14.4. The molecule has 1 aliphatic carbocycles. The summed E-state index contributed by atoms with van der Waals surface area (Å²) in [6, 6.07) is 13.4. The fourth-order valence-corrected chi connectivity index (χ4v) is 3.53. The van der Waals surface area contributed by atoms with Gasteiger partial charge in [-0.25, -0.2) is 9.37 Å². The zero-order valence-electron chi connectivity index (χ0n) is 14.4. The molecular weight excluding hydrogens is 331 g/mol. The van der Waals surface area contributed by atoms with Crippen molar-refractivity contribution in [2.24, 2.45) is 0 Å². The molecule has 26 heavy (non-hydrogen) atoms. The summed E-state index contributed by atoms with van der Waals surface area (Å²) in [6.45, 7) is 0.873. The molecule has 134 valence electrons. The highest BCUT2D eigenvalue weighted by molar-refractivity contribution is 5.29. The van der Waals surface area contributed by atoms with Gasteiger partial charge in [0.2, 0.25) is 0 Å². The highest BCUT2D eigenvalue weighted by Gasteiger charge is 2.25. The molecule has 0 spiro atoms. The Kier molecular flexibility index (Phi) is 4.67. The highest BCUT2D eigenvalue weighted by Crippen LogP contribution is 2.19. The number of H-pyrrole nitrogens is 1. The number of nitrogens with zero attached hydrogens (tertiary/aromatic N) is 2. The van der Waals surface area contributed by atoms with Gasteiger partial charge in [-0.1, -0.05) is 30.3 Å². The number of aromatic amines is 1. The SMILES string of the molecule is O=c1c2c([nH]n1-c1ncccc1F)CCC(NCCc1ccccc1)C2. The van der Waals surface area contributed by atoms with Crippen LogP contribution in [0.5, 0.6) is 0 Å². The molecule has 0 amide bonds. The molecule has 0 bridgehead atoms. The van der Waals surface area contributed by atoms with Crippen molar-refractivity contribution in [3.8, 4) is 5.82 Å². The van der Waals surface area contributed by atoms with Crippen LogP contribution < -0.4 is 10.9 Å². The molecule has 6 heteroatoms. The van der Waals surface area contributed by atoms with Gasteiger partial charge in [-0.15, -0.1) is 0 Å². The first-order chi connectivity index (χ1) is 12.7. The molecule has 1 unspecified atom stereocenters. The van der Waals surface area contributed by atoms with Crippen molar-refractivity contribution < 1.29 is 4.39 Å². The topological polar surface area (TPSA) is 62.7 Å². The Morgan fingerprint density at radius 3 is 2.88 bits per heavy atom. The van der Waals surface area contributed by atoms with Crippen molar-refractivity contribution in [3.63, 3.8) is 0 Å². The molecule has 1 aliphatic rings. The third-order valence-corrected chi connectivity index (χ3v) is 4.91. The summed E-state index contributed by atoms with van der Waals surface area (Å²) >= 11 is 0. The molecule has 4 rings (SSSR count). The lowest BCUT2D eigenvalue weighted by molar-refractivity contribution is 0.458. The average molecular weight is 352 g/mol. The Labute approximate surface area is 150 Å². The number of rotatable bonds is 5. The third-order valence-electron chi connectivity index (χ3n) is 4.91. The van der Waals surface area contributed by atoms with Crippen molar-refractivity contribution in [2.45, 2.75) is 31.7 Å². The molecule has 5 nitrogen and oxygen atoms in total. The van der Waals surface area contributed by atoms with Crippen LogP contribution in [-0.2, 0) is 19.3 Å². The lowest BCUT2D eigenvalue weighted by Crippen LogP contribution is -2.37. The number of pyridine rings is 1. The Morgan fingerprint density at radius 2 is 2.08 bits per heavy atom. The summed E-state index contributed by atoms with van der Waals surface area (Å²) in [7, 11) is 0. The van der Waals surface area contributed by atoms with Gasteiger partial charge in [0.1, 0.15) is 0 Å². The van der Waals surface area contributed by atoms with E-state index in [0.29, 0.717) is 6.42 Å². The van der Waals surface area contributed by atoms with Crippen LogP contribution in [0.2, 0.25) is 0 Å². The molecule has 2 N–H and O–H groups in total. The summed E-state index contributed by atoms with van der Waals surface area (Å²) in [5.41, 5.74) is 2.72. The summed E-state index contributed by atoms with van der Waals surface area (Å²) in [5.74, 6) is -0.480. The van der Waals surface area contributed by atoms with Gasteiger partial charge in [0, 0.05) is 23.5 Å². The minimum atomic E-state index is -0.509. The number of hydrogen-bond acceptors (Lipinski definition) is 3. The van der Waals surface area contributed by atoms with Gasteiger partial charge >= 0.3 is 0 Å². The maximum atomic E-state index is 14.0. The maximum Gasteiger partial charge on any atom is 0.276 e. The average Bonchev–Trinajstić information content (AvgIpc) is 2.99. The van der Waals surface area contributed by atoms with E-state index in [9.17, 15) is 9.18 Å². The molecule has 2 heterocycles. The fourth-order valence-electron chi connectivity index (χ4n) is 3.53. The van der Waals surface area contributed by atoms with Gasteiger partial charge in [0.25, 0.3) is 5.56 Å². The lowest BCUT2D eigenvalue weighted by Gasteiger charge is -2.22. The molecule has 1 atom stereocenters. The van der Waals surface area contributed by atoms with Crippen LogP contribution in [-0.4, -0.2) is 27.4 Å². The van der Waals surface area contributed by atoms with Gasteiger partial charge < -0.3 is 5.32 Å². The van der Waals surface area contributed by atoms with Gasteiger partial charge in [-0.05, 0) is 49.9 Å². The molecule has 0 saturated heterocycles. The van der Waals surface area contributed by atoms with Gasteiger partial charge in [-0.2, -0.15) is 4.68 Å². The van der Waals surface area contributed by atoms with Crippen LogP contribution in [0.1, 0.15) is 23.2 Å². The number of aryl methyl sites for hydroxylation is 1. The lowest BCUT2D eigenvalue weighted by atomic mass is 9.93. The second-order valence-corrected chi connectivity index (χ2v) is 6.65. The molecule has 2 aromatic heterocycles. The van der Waals surface area contributed by atoms with Crippen LogP contribution >= 0.6 is 0 Å². The number of aromatic nitrogens is 3. The minimum absolute atomic E-state index is 0.0282. The van der Waals surface area contributed by atoms with Crippen LogP contribution in [0.25, 0.3) is 5.82 Å². The highest BCUT2D eigenvalue weighted by atomic mass is 19.1. The standard InChI is InChI=1S/C20H21FN4O/c21-17-7-4-11-23-19(17)25-20(26)16-13-15(8-9-18(16)24-25)22-12-10-14-5-2-1-3-6-14/h1-7,11,15,22,24H,8-10,12-13H2. The molecule has 0 aliphatic heterocycles. The van der Waals surface area contributed by atoms with Gasteiger partial charge in [-0.3, -0.25) is 9.89 Å². The minimum Gasteiger partial charge on any atom is -0.313 e. The predicted octanol–water partition coefficient (Wildman–Crippen LogP) is 2.39. The van der Waals surface area contributed by atoms with E-state index in [1.807, 2.05) is 18.2 Å². The first-order valence-corrected chi connectivity index (χ1v) is 8.93. The van der Waals surface area contributed by atoms with Crippen LogP contribution in [0.15, 0.2) is 53.5 Å².